The zero-order valence-corrected chi connectivity index (χ0v) is 15.9. The van der Waals surface area contributed by atoms with E-state index < -0.39 is 4.92 Å². The Labute approximate surface area is 162 Å². The summed E-state index contributed by atoms with van der Waals surface area (Å²) in [5.41, 5.74) is 0.481. The van der Waals surface area contributed by atoms with Gasteiger partial charge in [0.2, 0.25) is 0 Å². The summed E-state index contributed by atoms with van der Waals surface area (Å²) >= 11 is 1.81. The van der Waals surface area contributed by atoms with Crippen LogP contribution < -0.4 is 5.32 Å². The van der Waals surface area contributed by atoms with E-state index >= 15 is 0 Å². The minimum absolute atomic E-state index is 0.00275. The Hall–Kier alpha value is -2.25. The molecule has 142 valence electrons. The lowest BCUT2D eigenvalue weighted by molar-refractivity contribution is -0.384. The van der Waals surface area contributed by atoms with Gasteiger partial charge in [0.05, 0.1) is 4.92 Å². The lowest BCUT2D eigenvalue weighted by Gasteiger charge is -2.49. The normalized spacial score (nSPS) is 25.1. The van der Waals surface area contributed by atoms with Crippen molar-refractivity contribution in [1.29, 1.82) is 0 Å². The quantitative estimate of drug-likeness (QED) is 0.624. The van der Waals surface area contributed by atoms with Crippen molar-refractivity contribution in [2.75, 3.05) is 0 Å². The second-order valence-corrected chi connectivity index (χ2v) is 8.47. The van der Waals surface area contributed by atoms with Gasteiger partial charge < -0.3 is 5.32 Å². The fourth-order valence-corrected chi connectivity index (χ4v) is 5.15. The van der Waals surface area contributed by atoms with Crippen LogP contribution >= 0.6 is 11.3 Å². The third-order valence-electron chi connectivity index (χ3n) is 5.72. The highest BCUT2D eigenvalue weighted by Crippen LogP contribution is 2.35. The van der Waals surface area contributed by atoms with Crippen molar-refractivity contribution in [3.63, 3.8) is 0 Å². The molecule has 0 aliphatic carbocycles. The predicted octanol–water partition coefficient (Wildman–Crippen LogP) is 3.97. The molecule has 1 unspecified atom stereocenters. The molecule has 2 aromatic rings. The van der Waals surface area contributed by atoms with Gasteiger partial charge in [-0.15, -0.1) is 11.3 Å². The van der Waals surface area contributed by atoms with E-state index in [9.17, 15) is 14.9 Å². The van der Waals surface area contributed by atoms with Crippen LogP contribution in [0.3, 0.4) is 0 Å². The van der Waals surface area contributed by atoms with Gasteiger partial charge in [0.25, 0.3) is 11.6 Å². The molecule has 2 aliphatic heterocycles. The molecule has 0 radical (unpaired) electrons. The van der Waals surface area contributed by atoms with Gasteiger partial charge in [-0.1, -0.05) is 12.5 Å². The number of nitro benzene ring substituents is 1. The molecule has 3 heterocycles. The molecule has 2 saturated heterocycles. The maximum Gasteiger partial charge on any atom is 0.269 e. The second-order valence-electron chi connectivity index (χ2n) is 7.44. The number of thiophene rings is 1. The molecule has 7 heteroatoms. The van der Waals surface area contributed by atoms with Crippen LogP contribution in [0.2, 0.25) is 0 Å². The van der Waals surface area contributed by atoms with E-state index in [1.807, 2.05) is 11.3 Å². The molecule has 1 aromatic carbocycles. The lowest BCUT2D eigenvalue weighted by Crippen LogP contribution is -2.56. The Morgan fingerprint density at radius 3 is 2.48 bits per heavy atom. The molecule has 2 aliphatic rings. The van der Waals surface area contributed by atoms with Crippen molar-refractivity contribution in [2.45, 2.75) is 56.8 Å². The number of nitro groups is 1. The van der Waals surface area contributed by atoms with Gasteiger partial charge in [-0.05, 0) is 49.3 Å². The number of fused-ring (bicyclic) bond motifs is 2. The van der Waals surface area contributed by atoms with Crippen LogP contribution in [0.5, 0.6) is 0 Å². The summed E-state index contributed by atoms with van der Waals surface area (Å²) in [6, 6.07) is 11.3. The molecule has 4 rings (SSSR count). The number of rotatable bonds is 5. The summed E-state index contributed by atoms with van der Waals surface area (Å²) in [5.74, 6) is -0.139. The molecule has 1 amide bonds. The topological polar surface area (TPSA) is 75.5 Å². The Morgan fingerprint density at radius 1 is 1.19 bits per heavy atom. The molecule has 27 heavy (non-hydrogen) atoms. The largest absolute Gasteiger partial charge is 0.349 e. The summed E-state index contributed by atoms with van der Waals surface area (Å²) in [4.78, 5) is 26.9. The number of amides is 1. The van der Waals surface area contributed by atoms with E-state index in [1.54, 1.807) is 0 Å². The Bertz CT molecular complexity index is 792. The number of carbonyl (C=O) groups excluding carboxylic acids is 1. The minimum Gasteiger partial charge on any atom is -0.349 e. The van der Waals surface area contributed by atoms with Crippen molar-refractivity contribution < 1.29 is 9.72 Å². The van der Waals surface area contributed by atoms with E-state index in [-0.39, 0.29) is 17.6 Å². The summed E-state index contributed by atoms with van der Waals surface area (Å²) in [7, 11) is 0. The Kier molecular flexibility index (Phi) is 5.22. The van der Waals surface area contributed by atoms with Crippen molar-refractivity contribution in [3.05, 3.63) is 62.3 Å². The minimum atomic E-state index is -0.452. The fraction of sp³-hybridized carbons (Fsp3) is 0.450. The monoisotopic (exact) mass is 385 g/mol. The van der Waals surface area contributed by atoms with Gasteiger partial charge in [-0.3, -0.25) is 19.8 Å². The average molecular weight is 385 g/mol. The van der Waals surface area contributed by atoms with Gasteiger partial charge in [0.15, 0.2) is 0 Å². The average Bonchev–Trinajstić information content (AvgIpc) is 3.15. The molecule has 3 atom stereocenters. The molecular weight excluding hydrogens is 362 g/mol. The fourth-order valence-electron chi connectivity index (χ4n) is 4.44. The number of hydrogen-bond acceptors (Lipinski definition) is 5. The number of piperidine rings is 2. The number of nitrogens with zero attached hydrogens (tertiary/aromatic N) is 2. The van der Waals surface area contributed by atoms with Crippen molar-refractivity contribution in [1.82, 2.24) is 10.2 Å². The number of carbonyl (C=O) groups is 1. The summed E-state index contributed by atoms with van der Waals surface area (Å²) in [6.07, 6.45) is 5.58. The number of non-ortho nitro benzene ring substituents is 1. The first kappa shape index (κ1) is 18.1. The van der Waals surface area contributed by atoms with E-state index in [0.717, 1.165) is 19.4 Å². The van der Waals surface area contributed by atoms with Crippen LogP contribution in [-0.2, 0) is 6.54 Å². The third kappa shape index (κ3) is 4.04. The second kappa shape index (κ2) is 7.78. The van der Waals surface area contributed by atoms with Crippen LogP contribution in [0.25, 0.3) is 0 Å². The highest BCUT2D eigenvalue weighted by molar-refractivity contribution is 7.09. The van der Waals surface area contributed by atoms with Gasteiger partial charge in [0, 0.05) is 47.2 Å². The van der Waals surface area contributed by atoms with Crippen molar-refractivity contribution in [2.24, 2.45) is 0 Å². The van der Waals surface area contributed by atoms with Gasteiger partial charge in [-0.2, -0.15) is 0 Å². The molecule has 1 N–H and O–H groups in total. The summed E-state index contributed by atoms with van der Waals surface area (Å²) in [6.45, 7) is 1.01. The molecule has 1 aromatic heterocycles. The van der Waals surface area contributed by atoms with E-state index in [0.29, 0.717) is 17.6 Å². The van der Waals surface area contributed by atoms with Crippen LogP contribution in [0, 0.1) is 10.1 Å². The van der Waals surface area contributed by atoms with Crippen LogP contribution in [-0.4, -0.2) is 33.9 Å². The van der Waals surface area contributed by atoms with E-state index in [1.165, 1.54) is 48.4 Å². The number of nitrogens with one attached hydrogen (secondary N) is 1. The predicted molar refractivity (Wildman–Crippen MR) is 105 cm³/mol. The summed E-state index contributed by atoms with van der Waals surface area (Å²) < 4.78 is 0. The highest BCUT2D eigenvalue weighted by Gasteiger charge is 2.38. The van der Waals surface area contributed by atoms with Crippen molar-refractivity contribution >= 4 is 22.9 Å². The van der Waals surface area contributed by atoms with E-state index in [2.05, 4.69) is 27.7 Å². The Balaban J connectivity index is 1.39. The van der Waals surface area contributed by atoms with Gasteiger partial charge in [-0.25, -0.2) is 0 Å². The van der Waals surface area contributed by atoms with Gasteiger partial charge >= 0.3 is 0 Å². The lowest BCUT2D eigenvalue weighted by atomic mass is 9.81. The van der Waals surface area contributed by atoms with Crippen LogP contribution in [0.4, 0.5) is 5.69 Å². The van der Waals surface area contributed by atoms with Crippen LogP contribution in [0.15, 0.2) is 41.8 Å². The zero-order valence-electron chi connectivity index (χ0n) is 15.0. The molecule has 6 nitrogen and oxygen atoms in total. The first-order chi connectivity index (χ1) is 13.1. The number of benzene rings is 1. The van der Waals surface area contributed by atoms with Gasteiger partial charge in [0.1, 0.15) is 0 Å². The molecular formula is C20H23N3O3S. The highest BCUT2D eigenvalue weighted by atomic mass is 32.1. The molecule has 2 bridgehead atoms. The smallest absolute Gasteiger partial charge is 0.269 e. The first-order valence-corrected chi connectivity index (χ1v) is 10.3. The zero-order chi connectivity index (χ0) is 18.8. The molecule has 0 spiro atoms. The third-order valence-corrected chi connectivity index (χ3v) is 6.58. The standard InChI is InChI=1S/C20H23N3O3S/c24-20(14-6-8-16(9-7-14)23(25)26)21-15-11-17-3-1-4-18(12-15)22(17)13-19-5-2-10-27-19/h2,5-10,15,17-18H,1,3-4,11-13H2,(H,21,24)/t15?,17-,18+. The summed E-state index contributed by atoms with van der Waals surface area (Å²) in [5, 5.41) is 16.0. The maximum absolute atomic E-state index is 12.6. The van der Waals surface area contributed by atoms with Crippen molar-refractivity contribution in [3.8, 4) is 0 Å². The SMILES string of the molecule is O=C(NC1C[C@H]2CCC[C@@H](C1)N2Cc1cccs1)c1ccc([N+](=O)[O-])cc1. The molecule has 0 saturated carbocycles. The molecule has 2 fully saturated rings. The Morgan fingerprint density at radius 2 is 1.89 bits per heavy atom. The first-order valence-electron chi connectivity index (χ1n) is 9.43. The van der Waals surface area contributed by atoms with E-state index in [4.69, 9.17) is 0 Å². The van der Waals surface area contributed by atoms with Crippen LogP contribution in [0.1, 0.15) is 47.3 Å². The number of hydrogen-bond donors (Lipinski definition) is 1. The maximum atomic E-state index is 12.6.